The molecule has 0 radical (unpaired) electrons. The Morgan fingerprint density at radius 2 is 1.69 bits per heavy atom. The number of aromatic nitrogens is 1. The molecule has 2 saturated carbocycles. The van der Waals surface area contributed by atoms with E-state index in [1.807, 2.05) is 30.3 Å². The zero-order valence-corrected chi connectivity index (χ0v) is 31.9. The van der Waals surface area contributed by atoms with Gasteiger partial charge in [0.05, 0.1) is 41.8 Å². The van der Waals surface area contributed by atoms with Gasteiger partial charge in [-0.05, 0) is 86.4 Å². The van der Waals surface area contributed by atoms with Crippen LogP contribution in [0.25, 0.3) is 11.1 Å². The number of sulfonamides is 1. The lowest BCUT2D eigenvalue weighted by Gasteiger charge is -2.25. The largest absolute Gasteiger partial charge is 0.490 e. The molecule has 55 heavy (non-hydrogen) atoms. The highest BCUT2D eigenvalue weighted by Gasteiger charge is 2.48. The molecule has 300 valence electrons. The number of Topliss-reactive ketones (excluding diaryl/α,β-unsaturated/α-hetero) is 1. The van der Waals surface area contributed by atoms with Crippen molar-refractivity contribution in [2.75, 3.05) is 13.2 Å². The number of aliphatic hydroxyl groups excluding tert-OH is 5. The number of para-hydroxylation sites is 1. The number of carboxylic acid groups (broad SMARTS) is 1. The van der Waals surface area contributed by atoms with Crippen LogP contribution >= 0.6 is 11.6 Å². The summed E-state index contributed by atoms with van der Waals surface area (Å²) in [6.45, 7) is -0.769. The molecule has 0 bridgehead atoms. The van der Waals surface area contributed by atoms with Gasteiger partial charge in [-0.15, -0.1) is 0 Å². The van der Waals surface area contributed by atoms with E-state index >= 15 is 0 Å². The van der Waals surface area contributed by atoms with Gasteiger partial charge in [-0.25, -0.2) is 13.1 Å². The third-order valence-electron chi connectivity index (χ3n) is 9.98. The first-order valence-corrected chi connectivity index (χ1v) is 20.3. The van der Waals surface area contributed by atoms with E-state index in [9.17, 15) is 43.5 Å². The standard InChI is InChI=1S/C39H49ClN2O12S/c40-32-12-11-28(55(51,52)42-17-4-3-5-24(38(49)50)19-26(44)8-13-33(45)36(47)37(48)34(46)22-43)20-25(32)23-53-39(15-16-39)31-21-41-18-14-29(31)30-6-1-2-7-35(30)54-27-9-10-27/h1-2,6-7,11-12,14,18,20-21,24,27,33-34,36-37,42-43,45-48H,3-5,8-10,13,15-17,19,22-23H2,(H,49,50)/t24-,33+,34-,36-,37-/m1/s1. The number of ketones is 1. The van der Waals surface area contributed by atoms with Gasteiger partial charge in [0.25, 0.3) is 0 Å². The van der Waals surface area contributed by atoms with Crippen LogP contribution in [0.4, 0.5) is 0 Å². The molecule has 2 aliphatic rings. The summed E-state index contributed by atoms with van der Waals surface area (Å²) in [6.07, 6.45) is 0.198. The van der Waals surface area contributed by atoms with Gasteiger partial charge in [-0.3, -0.25) is 14.6 Å². The third kappa shape index (κ3) is 11.5. The van der Waals surface area contributed by atoms with E-state index in [0.29, 0.717) is 23.4 Å². The van der Waals surface area contributed by atoms with E-state index in [2.05, 4.69) is 9.71 Å². The van der Waals surface area contributed by atoms with Crippen LogP contribution in [0.3, 0.4) is 0 Å². The van der Waals surface area contributed by atoms with Crippen LogP contribution < -0.4 is 9.46 Å². The Balaban J connectivity index is 1.11. The molecule has 0 amide bonds. The number of halogens is 1. The lowest BCUT2D eigenvalue weighted by atomic mass is 9.93. The average Bonchev–Trinajstić information content (AvgIpc) is 4.13. The van der Waals surface area contributed by atoms with Crippen LogP contribution in [-0.2, 0) is 36.6 Å². The molecule has 5 atom stereocenters. The SMILES string of the molecule is O=C(CC[C@H](O)[C@@H](O)[C@H](O)[C@H](O)CO)C[C@@H](CCCCNS(=O)(=O)c1ccc(Cl)c(COC2(c3cnccc3-c3ccccc3OC3CC3)CC2)c1)C(=O)O. The smallest absolute Gasteiger partial charge is 0.306 e. The highest BCUT2D eigenvalue weighted by Crippen LogP contribution is 2.53. The number of nitrogens with one attached hydrogen (secondary N) is 1. The molecule has 3 aromatic rings. The minimum absolute atomic E-state index is 0.00623. The van der Waals surface area contributed by atoms with E-state index in [1.165, 1.54) is 18.2 Å². The number of ether oxygens (including phenoxy) is 2. The molecule has 16 heteroatoms. The van der Waals surface area contributed by atoms with Crippen molar-refractivity contribution in [3.63, 3.8) is 0 Å². The van der Waals surface area contributed by atoms with E-state index in [4.69, 9.17) is 26.2 Å². The van der Waals surface area contributed by atoms with Crippen LogP contribution in [-0.4, -0.2) is 99.5 Å². The Morgan fingerprint density at radius 1 is 0.964 bits per heavy atom. The van der Waals surface area contributed by atoms with E-state index < -0.39 is 64.3 Å². The minimum Gasteiger partial charge on any atom is -0.490 e. The molecule has 5 rings (SSSR count). The minimum atomic E-state index is -3.96. The Morgan fingerprint density at radius 3 is 2.38 bits per heavy atom. The molecule has 0 spiro atoms. The fourth-order valence-electron chi connectivity index (χ4n) is 6.34. The zero-order valence-electron chi connectivity index (χ0n) is 30.3. The quantitative estimate of drug-likeness (QED) is 0.0644. The van der Waals surface area contributed by atoms with Gasteiger partial charge in [0, 0.05) is 47.9 Å². The van der Waals surface area contributed by atoms with Crippen molar-refractivity contribution in [2.24, 2.45) is 5.92 Å². The maximum Gasteiger partial charge on any atom is 0.306 e. The van der Waals surface area contributed by atoms with E-state index in [0.717, 1.165) is 48.1 Å². The number of carboxylic acids is 1. The van der Waals surface area contributed by atoms with Crippen LogP contribution in [0.1, 0.15) is 75.3 Å². The maximum atomic E-state index is 13.2. The van der Waals surface area contributed by atoms with Crippen LogP contribution in [0.2, 0.25) is 5.02 Å². The van der Waals surface area contributed by atoms with Gasteiger partial charge in [0.1, 0.15) is 29.8 Å². The van der Waals surface area contributed by atoms with Crippen molar-refractivity contribution in [1.82, 2.24) is 9.71 Å². The fourth-order valence-corrected chi connectivity index (χ4v) is 7.63. The third-order valence-corrected chi connectivity index (χ3v) is 11.8. The Hall–Kier alpha value is -3.51. The molecule has 2 fully saturated rings. The molecule has 2 aliphatic carbocycles. The van der Waals surface area contributed by atoms with Crippen molar-refractivity contribution in [3.8, 4) is 16.9 Å². The van der Waals surface area contributed by atoms with Gasteiger partial charge in [0.2, 0.25) is 10.0 Å². The summed E-state index contributed by atoms with van der Waals surface area (Å²) in [7, 11) is -3.96. The number of rotatable bonds is 24. The number of hydrogen-bond acceptors (Lipinski definition) is 12. The van der Waals surface area contributed by atoms with Crippen molar-refractivity contribution >= 4 is 33.4 Å². The van der Waals surface area contributed by atoms with Crippen LogP contribution in [0, 0.1) is 5.92 Å². The van der Waals surface area contributed by atoms with Crippen molar-refractivity contribution in [2.45, 2.75) is 112 Å². The van der Waals surface area contributed by atoms with Crippen molar-refractivity contribution in [1.29, 1.82) is 0 Å². The number of hydrogen-bond donors (Lipinski definition) is 7. The summed E-state index contributed by atoms with van der Waals surface area (Å²) in [6, 6.07) is 14.2. The maximum absolute atomic E-state index is 13.2. The van der Waals surface area contributed by atoms with Gasteiger partial charge in [0.15, 0.2) is 0 Å². The van der Waals surface area contributed by atoms with Gasteiger partial charge < -0.3 is 40.1 Å². The number of pyridine rings is 1. The first-order chi connectivity index (χ1) is 26.2. The predicted molar refractivity (Wildman–Crippen MR) is 201 cm³/mol. The molecule has 0 aliphatic heterocycles. The fraction of sp³-hybridized carbons (Fsp3) is 0.513. The molecule has 14 nitrogen and oxygen atoms in total. The van der Waals surface area contributed by atoms with Gasteiger partial charge >= 0.3 is 5.97 Å². The lowest BCUT2D eigenvalue weighted by Crippen LogP contribution is -2.45. The lowest BCUT2D eigenvalue weighted by molar-refractivity contribution is -0.144. The van der Waals surface area contributed by atoms with Gasteiger partial charge in [-0.2, -0.15) is 0 Å². The topological polar surface area (TPSA) is 233 Å². The molecule has 0 unspecified atom stereocenters. The van der Waals surface area contributed by atoms with Crippen molar-refractivity contribution in [3.05, 3.63) is 77.1 Å². The summed E-state index contributed by atoms with van der Waals surface area (Å²) in [5.74, 6) is -1.93. The summed E-state index contributed by atoms with van der Waals surface area (Å²) in [5.41, 5.74) is 2.71. The first kappa shape index (κ1) is 42.6. The summed E-state index contributed by atoms with van der Waals surface area (Å²) in [4.78, 5) is 28.6. The van der Waals surface area contributed by atoms with E-state index in [1.54, 1.807) is 12.4 Å². The number of aliphatic carboxylic acids is 1. The number of benzene rings is 2. The highest BCUT2D eigenvalue weighted by atomic mass is 35.5. The predicted octanol–water partition coefficient (Wildman–Crippen LogP) is 3.47. The number of carbonyl (C=O) groups excluding carboxylic acids is 1. The zero-order chi connectivity index (χ0) is 39.8. The highest BCUT2D eigenvalue weighted by molar-refractivity contribution is 7.89. The molecular formula is C39H49ClN2O12S. The average molecular weight is 805 g/mol. The summed E-state index contributed by atoms with van der Waals surface area (Å²) >= 11 is 6.51. The molecule has 7 N–H and O–H groups in total. The Labute approximate surface area is 325 Å². The molecule has 1 aromatic heterocycles. The van der Waals surface area contributed by atoms with Crippen molar-refractivity contribution < 1.29 is 58.1 Å². The number of carbonyl (C=O) groups is 2. The summed E-state index contributed by atoms with van der Waals surface area (Å²) < 4.78 is 41.7. The normalized spacial score (nSPS) is 17.9. The number of nitrogens with zero attached hydrogens (tertiary/aromatic N) is 1. The second-order valence-corrected chi connectivity index (χ2v) is 16.5. The number of unbranched alkanes of at least 4 members (excludes halogenated alkanes) is 1. The first-order valence-electron chi connectivity index (χ1n) is 18.4. The number of aliphatic hydroxyl groups is 5. The molecule has 2 aromatic carbocycles. The van der Waals surface area contributed by atoms with Crippen LogP contribution in [0.5, 0.6) is 5.75 Å². The molecule has 0 saturated heterocycles. The van der Waals surface area contributed by atoms with E-state index in [-0.39, 0.29) is 49.8 Å². The summed E-state index contributed by atoms with van der Waals surface area (Å²) in [5, 5.41) is 58.0. The van der Waals surface area contributed by atoms with Crippen LogP contribution in [0.15, 0.2) is 65.8 Å². The Kier molecular flexibility index (Phi) is 14.8. The molecule has 1 heterocycles. The second-order valence-electron chi connectivity index (χ2n) is 14.3. The molecular weight excluding hydrogens is 756 g/mol. The monoisotopic (exact) mass is 804 g/mol. The second kappa shape index (κ2) is 19.1. The Bertz CT molecular complexity index is 1890. The van der Waals surface area contributed by atoms with Gasteiger partial charge in [-0.1, -0.05) is 36.2 Å².